The first-order valence-corrected chi connectivity index (χ1v) is 6.68. The Hall–Kier alpha value is -1.93. The summed E-state index contributed by atoms with van der Waals surface area (Å²) < 4.78 is 0. The van der Waals surface area contributed by atoms with Gasteiger partial charge in [-0.2, -0.15) is 0 Å². The van der Waals surface area contributed by atoms with Crippen molar-refractivity contribution in [2.24, 2.45) is 9.98 Å². The average Bonchev–Trinajstić information content (AvgIpc) is 2.48. The SMILES string of the molecule is C/C(=N\C/N=C(\C)c1ccccc1O)c1ccccc1O.[Pt]. The van der Waals surface area contributed by atoms with Gasteiger partial charge < -0.3 is 10.2 Å². The number of phenols is 2. The van der Waals surface area contributed by atoms with Gasteiger partial charge in [0.05, 0.1) is 0 Å². The van der Waals surface area contributed by atoms with Crippen LogP contribution in [-0.2, 0) is 21.1 Å². The minimum Gasteiger partial charge on any atom is -0.507 e. The van der Waals surface area contributed by atoms with E-state index in [0.717, 1.165) is 11.4 Å². The fraction of sp³-hybridized carbons (Fsp3) is 0.176. The summed E-state index contributed by atoms with van der Waals surface area (Å²) in [5, 5.41) is 19.5. The van der Waals surface area contributed by atoms with Gasteiger partial charge in [0, 0.05) is 43.6 Å². The van der Waals surface area contributed by atoms with Crippen LogP contribution in [0.5, 0.6) is 11.5 Å². The number of hydrogen-bond acceptors (Lipinski definition) is 4. The zero-order chi connectivity index (χ0) is 15.2. The molecule has 0 saturated heterocycles. The smallest absolute Gasteiger partial charge is 0.129 e. The van der Waals surface area contributed by atoms with Crippen molar-refractivity contribution in [2.75, 3.05) is 6.67 Å². The topological polar surface area (TPSA) is 65.2 Å². The first kappa shape index (κ1) is 18.1. The summed E-state index contributed by atoms with van der Waals surface area (Å²) in [5.74, 6) is 0.417. The second-order valence-electron chi connectivity index (χ2n) is 4.66. The summed E-state index contributed by atoms with van der Waals surface area (Å²) in [6.07, 6.45) is 0. The second-order valence-corrected chi connectivity index (χ2v) is 4.66. The fourth-order valence-electron chi connectivity index (χ4n) is 1.98. The van der Waals surface area contributed by atoms with E-state index >= 15 is 0 Å². The Labute approximate surface area is 144 Å². The summed E-state index contributed by atoms with van der Waals surface area (Å²) in [4.78, 5) is 8.68. The minimum absolute atomic E-state index is 0. The van der Waals surface area contributed by atoms with Gasteiger partial charge in [-0.05, 0) is 38.1 Å². The molecule has 0 spiro atoms. The van der Waals surface area contributed by atoms with Crippen molar-refractivity contribution in [3.63, 3.8) is 0 Å². The van der Waals surface area contributed by atoms with Crippen LogP contribution in [0.4, 0.5) is 0 Å². The van der Waals surface area contributed by atoms with Crippen LogP contribution >= 0.6 is 0 Å². The monoisotopic (exact) mass is 477 g/mol. The fourth-order valence-corrected chi connectivity index (χ4v) is 1.98. The summed E-state index contributed by atoms with van der Waals surface area (Å²) in [6.45, 7) is 3.92. The maximum absolute atomic E-state index is 9.75. The molecule has 0 aliphatic carbocycles. The van der Waals surface area contributed by atoms with Crippen molar-refractivity contribution in [3.05, 3.63) is 59.7 Å². The number of nitrogens with zero attached hydrogens (tertiary/aromatic N) is 2. The van der Waals surface area contributed by atoms with Crippen LogP contribution in [0.25, 0.3) is 0 Å². The van der Waals surface area contributed by atoms with E-state index in [4.69, 9.17) is 0 Å². The van der Waals surface area contributed by atoms with Gasteiger partial charge in [-0.3, -0.25) is 9.98 Å². The van der Waals surface area contributed by atoms with Crippen molar-refractivity contribution < 1.29 is 31.3 Å². The van der Waals surface area contributed by atoms with Gasteiger partial charge in [0.25, 0.3) is 0 Å². The molecule has 22 heavy (non-hydrogen) atoms. The van der Waals surface area contributed by atoms with Crippen LogP contribution in [0, 0.1) is 0 Å². The quantitative estimate of drug-likeness (QED) is 0.664. The van der Waals surface area contributed by atoms with Crippen LogP contribution < -0.4 is 0 Å². The molecule has 0 aliphatic heterocycles. The van der Waals surface area contributed by atoms with E-state index in [1.807, 2.05) is 38.1 Å². The number of rotatable bonds is 4. The van der Waals surface area contributed by atoms with Gasteiger partial charge in [-0.25, -0.2) is 0 Å². The molecule has 4 nitrogen and oxygen atoms in total. The molecule has 0 aromatic heterocycles. The van der Waals surface area contributed by atoms with Crippen LogP contribution in [-0.4, -0.2) is 28.3 Å². The normalized spacial score (nSPS) is 11.9. The molecule has 2 rings (SSSR count). The molecule has 5 heteroatoms. The molecule has 0 bridgehead atoms. The Morgan fingerprint density at radius 1 is 0.773 bits per heavy atom. The van der Waals surface area contributed by atoms with E-state index in [9.17, 15) is 10.2 Å². The largest absolute Gasteiger partial charge is 0.507 e. The number of benzene rings is 2. The summed E-state index contributed by atoms with van der Waals surface area (Å²) >= 11 is 0. The molecular formula is C17H18N2O2Pt. The molecule has 2 aromatic carbocycles. The van der Waals surface area contributed by atoms with E-state index < -0.39 is 0 Å². The molecule has 0 fully saturated rings. The van der Waals surface area contributed by atoms with Crippen LogP contribution in [0.1, 0.15) is 25.0 Å². The van der Waals surface area contributed by atoms with Crippen molar-refractivity contribution in [3.8, 4) is 11.5 Å². The zero-order valence-corrected chi connectivity index (χ0v) is 14.7. The summed E-state index contributed by atoms with van der Waals surface area (Å²) in [6, 6.07) is 14.1. The van der Waals surface area contributed by atoms with Gasteiger partial charge >= 0.3 is 0 Å². The second kappa shape index (κ2) is 8.50. The molecule has 0 radical (unpaired) electrons. The summed E-state index contributed by atoms with van der Waals surface area (Å²) in [7, 11) is 0. The zero-order valence-electron chi connectivity index (χ0n) is 12.4. The van der Waals surface area contributed by atoms with Gasteiger partial charge in [-0.1, -0.05) is 24.3 Å². The molecule has 0 saturated carbocycles. The standard InChI is InChI=1S/C17H18N2O2.Pt/c1-12(14-7-3-5-9-16(14)20)18-11-19-13(2)15-8-4-6-10-17(15)21;/h3-10,20-21H,11H2,1-2H3;/b18-12+,19-13+;. The first-order valence-electron chi connectivity index (χ1n) is 6.68. The third-order valence-electron chi connectivity index (χ3n) is 3.20. The minimum atomic E-state index is 0. The molecule has 0 unspecified atom stereocenters. The number of para-hydroxylation sites is 2. The maximum Gasteiger partial charge on any atom is 0.129 e. The molecule has 0 amide bonds. The predicted octanol–water partition coefficient (Wildman–Crippen LogP) is 3.37. The number of phenolic OH excluding ortho intramolecular Hbond substituents is 2. The van der Waals surface area contributed by atoms with E-state index in [2.05, 4.69) is 9.98 Å². The van der Waals surface area contributed by atoms with Gasteiger partial charge in [0.15, 0.2) is 0 Å². The van der Waals surface area contributed by atoms with Gasteiger partial charge in [0.1, 0.15) is 18.2 Å². The van der Waals surface area contributed by atoms with Crippen molar-refractivity contribution >= 4 is 11.4 Å². The van der Waals surface area contributed by atoms with Crippen LogP contribution in [0.3, 0.4) is 0 Å². The number of hydrogen-bond donors (Lipinski definition) is 2. The van der Waals surface area contributed by atoms with Crippen LogP contribution in [0.2, 0.25) is 0 Å². The Balaban J connectivity index is 0.00000242. The molecule has 2 aromatic rings. The van der Waals surface area contributed by atoms with Crippen LogP contribution in [0.15, 0.2) is 58.5 Å². The third-order valence-corrected chi connectivity index (χ3v) is 3.20. The predicted molar refractivity (Wildman–Crippen MR) is 85.5 cm³/mol. The van der Waals surface area contributed by atoms with Crippen molar-refractivity contribution in [2.45, 2.75) is 13.8 Å². The van der Waals surface area contributed by atoms with E-state index in [1.54, 1.807) is 24.3 Å². The number of aromatic hydroxyl groups is 2. The van der Waals surface area contributed by atoms with E-state index in [-0.39, 0.29) is 39.2 Å². The summed E-state index contributed by atoms with van der Waals surface area (Å²) in [5.41, 5.74) is 2.85. The molecule has 0 heterocycles. The Kier molecular flexibility index (Phi) is 7.00. The van der Waals surface area contributed by atoms with E-state index in [0.29, 0.717) is 11.1 Å². The van der Waals surface area contributed by atoms with E-state index in [1.165, 1.54) is 0 Å². The maximum atomic E-state index is 9.75. The molecule has 2 N–H and O–H groups in total. The third kappa shape index (κ3) is 4.54. The molecule has 0 atom stereocenters. The van der Waals surface area contributed by atoms with Crippen molar-refractivity contribution in [1.82, 2.24) is 0 Å². The molecular weight excluding hydrogens is 459 g/mol. The number of aliphatic imine (C=N–C) groups is 2. The Bertz CT molecular complexity index is 637. The first-order chi connectivity index (χ1) is 10.1. The molecule has 0 aliphatic rings. The average molecular weight is 477 g/mol. The molecule has 118 valence electrons. The van der Waals surface area contributed by atoms with Gasteiger partial charge in [-0.15, -0.1) is 0 Å². The Morgan fingerprint density at radius 3 is 1.50 bits per heavy atom. The van der Waals surface area contributed by atoms with Crippen molar-refractivity contribution in [1.29, 1.82) is 0 Å². The van der Waals surface area contributed by atoms with Gasteiger partial charge in [0.2, 0.25) is 0 Å². The Morgan fingerprint density at radius 2 is 1.14 bits per heavy atom.